The SMILES string of the molecule is CCOC(CNC(=O)C(C)CNC(=O)OCC1c2ccccc2-c2ccccc21)CC(=O)O. The Morgan fingerprint density at radius 2 is 1.58 bits per heavy atom. The zero-order valence-corrected chi connectivity index (χ0v) is 18.9. The molecule has 1 aliphatic rings. The number of carbonyl (C=O) groups excluding carboxylic acids is 2. The van der Waals surface area contributed by atoms with E-state index in [2.05, 4.69) is 22.8 Å². The number of aliphatic carboxylic acids is 1. The summed E-state index contributed by atoms with van der Waals surface area (Å²) in [6.45, 7) is 4.18. The molecular weight excluding hydrogens is 424 g/mol. The molecule has 2 aromatic rings. The molecule has 0 aromatic heterocycles. The second-order valence-corrected chi connectivity index (χ2v) is 8.03. The largest absolute Gasteiger partial charge is 0.481 e. The Morgan fingerprint density at radius 3 is 2.15 bits per heavy atom. The van der Waals surface area contributed by atoms with Gasteiger partial charge in [0.05, 0.1) is 18.4 Å². The van der Waals surface area contributed by atoms with Crippen molar-refractivity contribution in [2.45, 2.75) is 32.3 Å². The molecule has 2 unspecified atom stereocenters. The first-order valence-electron chi connectivity index (χ1n) is 11.1. The van der Waals surface area contributed by atoms with Crippen LogP contribution in [0, 0.1) is 5.92 Å². The van der Waals surface area contributed by atoms with Crippen LogP contribution in [0.5, 0.6) is 0 Å². The van der Waals surface area contributed by atoms with Crippen LogP contribution in [0.25, 0.3) is 11.1 Å². The average Bonchev–Trinajstić information content (AvgIpc) is 3.13. The fraction of sp³-hybridized carbons (Fsp3) is 0.400. The highest BCUT2D eigenvalue weighted by Crippen LogP contribution is 2.44. The van der Waals surface area contributed by atoms with E-state index in [1.54, 1.807) is 13.8 Å². The number of hydrogen-bond acceptors (Lipinski definition) is 5. The Kier molecular flexibility index (Phi) is 8.43. The standard InChI is InChI=1S/C25H30N2O6/c1-3-32-17(12-23(28)29)14-26-24(30)16(2)13-27-25(31)33-15-22-20-10-6-4-8-18(20)19-9-5-7-11-21(19)22/h4-11,16-17,22H,3,12-15H2,1-2H3,(H,26,30)(H,27,31)(H,28,29). The second kappa shape index (κ2) is 11.5. The highest BCUT2D eigenvalue weighted by Gasteiger charge is 2.29. The van der Waals surface area contributed by atoms with E-state index in [0.717, 1.165) is 22.3 Å². The highest BCUT2D eigenvalue weighted by molar-refractivity contribution is 5.80. The molecule has 0 saturated carbocycles. The van der Waals surface area contributed by atoms with E-state index in [4.69, 9.17) is 14.6 Å². The number of amides is 2. The molecule has 33 heavy (non-hydrogen) atoms. The van der Waals surface area contributed by atoms with Crippen LogP contribution in [0.2, 0.25) is 0 Å². The van der Waals surface area contributed by atoms with E-state index in [1.807, 2.05) is 36.4 Å². The number of carbonyl (C=O) groups is 3. The highest BCUT2D eigenvalue weighted by atomic mass is 16.5. The van der Waals surface area contributed by atoms with Crippen molar-refractivity contribution in [2.75, 3.05) is 26.3 Å². The molecular formula is C25H30N2O6. The average molecular weight is 455 g/mol. The van der Waals surface area contributed by atoms with Crippen LogP contribution in [0.1, 0.15) is 37.3 Å². The van der Waals surface area contributed by atoms with Crippen LogP contribution in [0.15, 0.2) is 48.5 Å². The van der Waals surface area contributed by atoms with Crippen LogP contribution in [0.3, 0.4) is 0 Å². The van der Waals surface area contributed by atoms with Gasteiger partial charge in [0.1, 0.15) is 6.61 Å². The lowest BCUT2D eigenvalue weighted by Gasteiger charge is -2.18. The maximum Gasteiger partial charge on any atom is 0.407 e. The van der Waals surface area contributed by atoms with E-state index >= 15 is 0 Å². The number of hydrogen-bond donors (Lipinski definition) is 3. The molecule has 0 saturated heterocycles. The van der Waals surface area contributed by atoms with Crippen molar-refractivity contribution in [1.82, 2.24) is 10.6 Å². The van der Waals surface area contributed by atoms with E-state index in [1.165, 1.54) is 0 Å². The molecule has 176 valence electrons. The van der Waals surface area contributed by atoms with Gasteiger partial charge < -0.3 is 25.2 Å². The Labute approximate surface area is 193 Å². The number of carboxylic acid groups (broad SMARTS) is 1. The topological polar surface area (TPSA) is 114 Å². The molecule has 0 spiro atoms. The van der Waals surface area contributed by atoms with Crippen LogP contribution in [-0.2, 0) is 19.1 Å². The first-order valence-corrected chi connectivity index (χ1v) is 11.1. The van der Waals surface area contributed by atoms with Crippen molar-refractivity contribution in [3.63, 3.8) is 0 Å². The number of fused-ring (bicyclic) bond motifs is 3. The van der Waals surface area contributed by atoms with Crippen molar-refractivity contribution >= 4 is 18.0 Å². The van der Waals surface area contributed by atoms with Crippen LogP contribution >= 0.6 is 0 Å². The third kappa shape index (κ3) is 6.32. The number of ether oxygens (including phenoxy) is 2. The lowest BCUT2D eigenvalue weighted by Crippen LogP contribution is -2.41. The summed E-state index contributed by atoms with van der Waals surface area (Å²) in [4.78, 5) is 35.4. The fourth-order valence-electron chi connectivity index (χ4n) is 3.99. The minimum atomic E-state index is -0.993. The normalized spacial score (nSPS) is 14.0. The Morgan fingerprint density at radius 1 is 0.970 bits per heavy atom. The Hall–Kier alpha value is -3.39. The van der Waals surface area contributed by atoms with Gasteiger partial charge in [-0.3, -0.25) is 9.59 Å². The van der Waals surface area contributed by atoms with Gasteiger partial charge in [-0.25, -0.2) is 4.79 Å². The van der Waals surface area contributed by atoms with Gasteiger partial charge in [-0.2, -0.15) is 0 Å². The van der Waals surface area contributed by atoms with Gasteiger partial charge >= 0.3 is 12.1 Å². The summed E-state index contributed by atoms with van der Waals surface area (Å²) in [6, 6.07) is 16.2. The van der Waals surface area contributed by atoms with Gasteiger partial charge in [-0.1, -0.05) is 55.5 Å². The van der Waals surface area contributed by atoms with Gasteiger partial charge in [0.2, 0.25) is 5.91 Å². The maximum atomic E-state index is 12.3. The van der Waals surface area contributed by atoms with E-state index in [0.29, 0.717) is 6.61 Å². The zero-order valence-electron chi connectivity index (χ0n) is 18.9. The molecule has 0 bridgehead atoms. The number of benzene rings is 2. The molecule has 0 aliphatic heterocycles. The summed E-state index contributed by atoms with van der Waals surface area (Å²) in [5.74, 6) is -1.84. The zero-order chi connectivity index (χ0) is 23.8. The Bertz CT molecular complexity index is 947. The van der Waals surface area contributed by atoms with Crippen LogP contribution in [0.4, 0.5) is 4.79 Å². The lowest BCUT2D eigenvalue weighted by atomic mass is 9.98. The summed E-state index contributed by atoms with van der Waals surface area (Å²) in [5.41, 5.74) is 4.57. The quantitative estimate of drug-likeness (QED) is 0.481. The third-order valence-corrected chi connectivity index (χ3v) is 5.65. The minimum absolute atomic E-state index is 0.0337. The Balaban J connectivity index is 1.46. The first kappa shape index (κ1) is 24.3. The molecule has 3 rings (SSSR count). The summed E-state index contributed by atoms with van der Waals surface area (Å²) in [6.07, 6.45) is -1.38. The number of alkyl carbamates (subject to hydrolysis) is 1. The van der Waals surface area contributed by atoms with Crippen molar-refractivity contribution < 1.29 is 29.0 Å². The third-order valence-electron chi connectivity index (χ3n) is 5.65. The molecule has 0 fully saturated rings. The summed E-state index contributed by atoms with van der Waals surface area (Å²) in [5, 5.41) is 14.2. The summed E-state index contributed by atoms with van der Waals surface area (Å²) in [7, 11) is 0. The van der Waals surface area contributed by atoms with Gasteiger partial charge in [-0.05, 0) is 29.2 Å². The molecule has 2 aromatic carbocycles. The van der Waals surface area contributed by atoms with Crippen LogP contribution in [-0.4, -0.2) is 55.5 Å². The number of rotatable bonds is 11. The van der Waals surface area contributed by atoms with Gasteiger partial charge in [0.25, 0.3) is 0 Å². The number of carboxylic acids is 1. The predicted molar refractivity (Wildman–Crippen MR) is 123 cm³/mol. The molecule has 8 nitrogen and oxygen atoms in total. The van der Waals surface area contributed by atoms with E-state index in [9.17, 15) is 14.4 Å². The molecule has 8 heteroatoms. The minimum Gasteiger partial charge on any atom is -0.481 e. The first-order chi connectivity index (χ1) is 15.9. The summed E-state index contributed by atoms with van der Waals surface area (Å²) < 4.78 is 10.8. The van der Waals surface area contributed by atoms with Crippen molar-refractivity contribution in [3.8, 4) is 11.1 Å². The van der Waals surface area contributed by atoms with Crippen molar-refractivity contribution in [1.29, 1.82) is 0 Å². The van der Waals surface area contributed by atoms with Gasteiger partial charge in [0, 0.05) is 25.6 Å². The van der Waals surface area contributed by atoms with E-state index < -0.39 is 24.1 Å². The second-order valence-electron chi connectivity index (χ2n) is 8.03. The molecule has 0 radical (unpaired) electrons. The molecule has 0 heterocycles. The predicted octanol–water partition coefficient (Wildman–Crippen LogP) is 3.16. The van der Waals surface area contributed by atoms with Crippen molar-refractivity contribution in [2.24, 2.45) is 5.92 Å². The summed E-state index contributed by atoms with van der Waals surface area (Å²) >= 11 is 0. The molecule has 2 atom stereocenters. The molecule has 1 aliphatic carbocycles. The van der Waals surface area contributed by atoms with Crippen LogP contribution < -0.4 is 10.6 Å². The molecule has 2 amide bonds. The number of nitrogens with one attached hydrogen (secondary N) is 2. The van der Waals surface area contributed by atoms with Gasteiger partial charge in [-0.15, -0.1) is 0 Å². The fourth-order valence-corrected chi connectivity index (χ4v) is 3.99. The van der Waals surface area contributed by atoms with Crippen molar-refractivity contribution in [3.05, 3.63) is 59.7 Å². The monoisotopic (exact) mass is 454 g/mol. The van der Waals surface area contributed by atoms with Gasteiger partial charge in [0.15, 0.2) is 0 Å². The van der Waals surface area contributed by atoms with E-state index in [-0.39, 0.29) is 37.9 Å². The smallest absolute Gasteiger partial charge is 0.407 e. The molecule has 3 N–H and O–H groups in total. The lowest BCUT2D eigenvalue weighted by molar-refractivity contribution is -0.140. The maximum absolute atomic E-state index is 12.3.